The predicted molar refractivity (Wildman–Crippen MR) is 54.5 cm³/mol. The highest BCUT2D eigenvalue weighted by Crippen LogP contribution is 1.90. The van der Waals surface area contributed by atoms with Crippen molar-refractivity contribution in [2.75, 3.05) is 0 Å². The quantitative estimate of drug-likeness (QED) is 0.606. The molecule has 0 aliphatic heterocycles. The van der Waals surface area contributed by atoms with Gasteiger partial charge in [-0.3, -0.25) is 9.59 Å². The molecule has 0 saturated carbocycles. The van der Waals surface area contributed by atoms with E-state index in [1.807, 2.05) is 27.7 Å². The molecule has 0 aromatic heterocycles. The van der Waals surface area contributed by atoms with Crippen molar-refractivity contribution in [1.82, 2.24) is 9.96 Å². The van der Waals surface area contributed by atoms with Gasteiger partial charge in [-0.25, -0.2) is 0 Å². The lowest BCUT2D eigenvalue weighted by Gasteiger charge is -2.09. The first-order chi connectivity index (χ1) is 5.95. The van der Waals surface area contributed by atoms with Gasteiger partial charge in [0.25, 0.3) is 0 Å². The summed E-state index contributed by atoms with van der Waals surface area (Å²) in [5.41, 5.74) is 0. The van der Waals surface area contributed by atoms with Gasteiger partial charge >= 0.3 is 0 Å². The van der Waals surface area contributed by atoms with Crippen LogP contribution in [-0.2, 0) is 9.59 Å². The van der Waals surface area contributed by atoms with Crippen LogP contribution in [0, 0.1) is 11.8 Å². The minimum atomic E-state index is -0.968. The minimum absolute atomic E-state index is 0.00993. The van der Waals surface area contributed by atoms with Gasteiger partial charge in [-0.1, -0.05) is 27.7 Å². The third-order valence-electron chi connectivity index (χ3n) is 1.57. The average molecular weight is 202 g/mol. The van der Waals surface area contributed by atoms with Crippen molar-refractivity contribution >= 4 is 21.7 Å². The number of hydrogen-bond acceptors (Lipinski definition) is 2. The van der Waals surface area contributed by atoms with Crippen LogP contribution in [0.2, 0.25) is 0 Å². The molecule has 13 heavy (non-hydrogen) atoms. The molecular weight excluding hydrogens is 184 g/mol. The van der Waals surface area contributed by atoms with E-state index < -0.39 is 9.84 Å². The van der Waals surface area contributed by atoms with Gasteiger partial charge in [-0.15, -0.1) is 0 Å². The van der Waals surface area contributed by atoms with E-state index in [4.69, 9.17) is 0 Å². The summed E-state index contributed by atoms with van der Waals surface area (Å²) < 4.78 is 0. The van der Waals surface area contributed by atoms with Crippen molar-refractivity contribution in [3.05, 3.63) is 0 Å². The number of carbonyl (C=O) groups is 2. The summed E-state index contributed by atoms with van der Waals surface area (Å²) in [5, 5.41) is 0. The molecule has 0 spiro atoms. The molecule has 0 radical (unpaired) electrons. The van der Waals surface area contributed by atoms with Gasteiger partial charge in [0.2, 0.25) is 21.7 Å². The molecule has 0 unspecified atom stereocenters. The van der Waals surface area contributed by atoms with Gasteiger partial charge in [0.15, 0.2) is 0 Å². The van der Waals surface area contributed by atoms with E-state index in [0.29, 0.717) is 0 Å². The summed E-state index contributed by atoms with van der Waals surface area (Å²) in [5.74, 6) is -0.00153. The van der Waals surface area contributed by atoms with Crippen LogP contribution in [0.15, 0.2) is 0 Å². The lowest BCUT2D eigenvalue weighted by Crippen LogP contribution is -2.43. The van der Waals surface area contributed by atoms with Crippen LogP contribution >= 0.6 is 0 Å². The molecular formula is C8H18N2O2Si. The Balaban J connectivity index is 3.57. The van der Waals surface area contributed by atoms with Gasteiger partial charge in [-0.05, 0) is 0 Å². The van der Waals surface area contributed by atoms with Crippen LogP contribution in [0.5, 0.6) is 0 Å². The molecule has 0 aliphatic rings. The summed E-state index contributed by atoms with van der Waals surface area (Å²) in [7, 11) is -0.968. The van der Waals surface area contributed by atoms with E-state index >= 15 is 0 Å². The molecule has 0 aromatic rings. The molecule has 0 bridgehead atoms. The first kappa shape index (κ1) is 12.2. The van der Waals surface area contributed by atoms with Crippen molar-refractivity contribution in [2.45, 2.75) is 27.7 Å². The van der Waals surface area contributed by atoms with Crippen LogP contribution in [-0.4, -0.2) is 21.7 Å². The number of carbonyl (C=O) groups excluding carboxylic acids is 2. The molecule has 0 saturated heterocycles. The summed E-state index contributed by atoms with van der Waals surface area (Å²) in [4.78, 5) is 27.6. The van der Waals surface area contributed by atoms with E-state index in [9.17, 15) is 9.59 Å². The molecule has 76 valence electrons. The SMILES string of the molecule is CC(C)C(=O)N[SiH2]NC(=O)C(C)C. The zero-order valence-electron chi connectivity index (χ0n) is 8.68. The third kappa shape index (κ3) is 5.40. The van der Waals surface area contributed by atoms with Crippen molar-refractivity contribution in [3.63, 3.8) is 0 Å². The summed E-state index contributed by atoms with van der Waals surface area (Å²) in [6.07, 6.45) is 0. The Labute approximate surface area is 81.5 Å². The molecule has 2 N–H and O–H groups in total. The van der Waals surface area contributed by atoms with Gasteiger partial charge in [0.05, 0.1) is 0 Å². The number of hydrogen-bond donors (Lipinski definition) is 2. The summed E-state index contributed by atoms with van der Waals surface area (Å²) >= 11 is 0. The standard InChI is InChI=1S/C8H18N2O2Si/c1-5(2)7(11)9-13-10-8(12)6(3)4/h5-6H,13H2,1-4H3,(H,9,11)(H,10,12). The van der Waals surface area contributed by atoms with E-state index in [2.05, 4.69) is 9.96 Å². The first-order valence-electron chi connectivity index (χ1n) is 4.50. The molecule has 4 nitrogen and oxygen atoms in total. The highest BCUT2D eigenvalue weighted by molar-refractivity contribution is 6.38. The smallest absolute Gasteiger partial charge is 0.230 e. The maximum absolute atomic E-state index is 11.1. The van der Waals surface area contributed by atoms with Crippen molar-refractivity contribution in [1.29, 1.82) is 0 Å². The number of rotatable bonds is 4. The molecule has 0 aromatic carbocycles. The Bertz CT molecular complexity index is 173. The highest BCUT2D eigenvalue weighted by Gasteiger charge is 2.08. The molecule has 0 aliphatic carbocycles. The molecule has 5 heteroatoms. The second kappa shape index (κ2) is 5.74. The third-order valence-corrected chi connectivity index (χ3v) is 2.62. The van der Waals surface area contributed by atoms with E-state index in [1.54, 1.807) is 0 Å². The Morgan fingerprint density at radius 1 is 0.923 bits per heavy atom. The van der Waals surface area contributed by atoms with Gasteiger partial charge < -0.3 is 9.96 Å². The molecule has 0 atom stereocenters. The second-order valence-corrected chi connectivity index (χ2v) is 4.63. The molecule has 0 rings (SSSR count). The predicted octanol–water partition coefficient (Wildman–Crippen LogP) is -0.470. The molecule has 0 fully saturated rings. The fraction of sp³-hybridized carbons (Fsp3) is 0.750. The Morgan fingerprint density at radius 2 is 1.23 bits per heavy atom. The van der Waals surface area contributed by atoms with E-state index in [1.165, 1.54) is 0 Å². The first-order valence-corrected chi connectivity index (χ1v) is 5.92. The van der Waals surface area contributed by atoms with Gasteiger partial charge in [0, 0.05) is 11.8 Å². The van der Waals surface area contributed by atoms with Crippen LogP contribution in [0.1, 0.15) is 27.7 Å². The maximum atomic E-state index is 11.1. The van der Waals surface area contributed by atoms with Crippen LogP contribution in [0.4, 0.5) is 0 Å². The van der Waals surface area contributed by atoms with Gasteiger partial charge in [-0.2, -0.15) is 0 Å². The monoisotopic (exact) mass is 202 g/mol. The average Bonchev–Trinajstić information content (AvgIpc) is 2.03. The number of amides is 2. The topological polar surface area (TPSA) is 58.2 Å². The fourth-order valence-corrected chi connectivity index (χ4v) is 1.88. The molecule has 0 heterocycles. The maximum Gasteiger partial charge on any atom is 0.230 e. The fourth-order valence-electron chi connectivity index (χ4n) is 0.627. The van der Waals surface area contributed by atoms with Gasteiger partial charge in [0.1, 0.15) is 0 Å². The number of nitrogens with one attached hydrogen (secondary N) is 2. The minimum Gasteiger partial charge on any atom is -0.369 e. The Kier molecular flexibility index (Phi) is 5.37. The van der Waals surface area contributed by atoms with Crippen molar-refractivity contribution in [3.8, 4) is 0 Å². The summed E-state index contributed by atoms with van der Waals surface area (Å²) in [6, 6.07) is 0. The Morgan fingerprint density at radius 3 is 1.46 bits per heavy atom. The van der Waals surface area contributed by atoms with E-state index in [0.717, 1.165) is 0 Å². The molecule has 2 amide bonds. The Hall–Kier alpha value is -0.843. The zero-order chi connectivity index (χ0) is 10.4. The summed E-state index contributed by atoms with van der Waals surface area (Å²) in [6.45, 7) is 7.31. The lowest BCUT2D eigenvalue weighted by atomic mass is 10.2. The largest absolute Gasteiger partial charge is 0.369 e. The lowest BCUT2D eigenvalue weighted by molar-refractivity contribution is -0.122. The van der Waals surface area contributed by atoms with Crippen LogP contribution in [0.25, 0.3) is 0 Å². The van der Waals surface area contributed by atoms with Crippen molar-refractivity contribution < 1.29 is 9.59 Å². The zero-order valence-corrected chi connectivity index (χ0v) is 10.1. The van der Waals surface area contributed by atoms with Crippen LogP contribution < -0.4 is 9.96 Å². The normalized spacial score (nSPS) is 10.3. The second-order valence-electron chi connectivity index (χ2n) is 3.57. The van der Waals surface area contributed by atoms with E-state index in [-0.39, 0.29) is 23.7 Å². The van der Waals surface area contributed by atoms with Crippen molar-refractivity contribution in [2.24, 2.45) is 11.8 Å². The van der Waals surface area contributed by atoms with Crippen LogP contribution in [0.3, 0.4) is 0 Å². The highest BCUT2D eigenvalue weighted by atomic mass is 28.2.